The van der Waals surface area contributed by atoms with Crippen molar-refractivity contribution in [3.05, 3.63) is 82.4 Å². The van der Waals surface area contributed by atoms with Crippen LogP contribution in [0.15, 0.2) is 66.0 Å². The summed E-state index contributed by atoms with van der Waals surface area (Å²) in [6, 6.07) is 13.3. The summed E-state index contributed by atoms with van der Waals surface area (Å²) in [5.41, 5.74) is 1.05. The number of aromatic amines is 1. The molecule has 12 heteroatoms. The fourth-order valence-electron chi connectivity index (χ4n) is 3.35. The number of rotatable bonds is 5. The third kappa shape index (κ3) is 3.67. The first-order valence-corrected chi connectivity index (χ1v) is 11.4. The highest BCUT2D eigenvalue weighted by molar-refractivity contribution is 7.91. The second-order valence-electron chi connectivity index (χ2n) is 6.85. The number of H-pyrrole nitrogens is 1. The summed E-state index contributed by atoms with van der Waals surface area (Å²) in [5.74, 6) is -0.542. The van der Waals surface area contributed by atoms with E-state index < -0.39 is 21.3 Å². The van der Waals surface area contributed by atoms with Gasteiger partial charge in [0.2, 0.25) is 10.0 Å². The second-order valence-corrected chi connectivity index (χ2v) is 9.01. The lowest BCUT2D eigenvalue weighted by atomic mass is 10.2. The van der Waals surface area contributed by atoms with Gasteiger partial charge in [-0.05, 0) is 30.3 Å². The highest BCUT2D eigenvalue weighted by Gasteiger charge is 2.21. The molecule has 5 aromatic rings. The highest BCUT2D eigenvalue weighted by Crippen LogP contribution is 2.20. The van der Waals surface area contributed by atoms with Gasteiger partial charge in [0.15, 0.2) is 17.0 Å². The Balaban J connectivity index is 1.64. The Morgan fingerprint density at radius 1 is 1.06 bits per heavy atom. The van der Waals surface area contributed by atoms with Crippen LogP contribution < -0.4 is 10.3 Å². The Labute approximate surface area is 186 Å². The number of imidazole rings is 1. The highest BCUT2D eigenvalue weighted by atomic mass is 35.5. The van der Waals surface area contributed by atoms with Gasteiger partial charge in [-0.25, -0.2) is 28.4 Å². The van der Waals surface area contributed by atoms with E-state index in [9.17, 15) is 13.2 Å². The molecule has 0 unspecified atom stereocenters. The van der Waals surface area contributed by atoms with Gasteiger partial charge < -0.3 is 4.98 Å². The zero-order valence-corrected chi connectivity index (χ0v) is 17.8. The van der Waals surface area contributed by atoms with E-state index in [-0.39, 0.29) is 17.2 Å². The van der Waals surface area contributed by atoms with Gasteiger partial charge in [-0.15, -0.1) is 0 Å². The fraction of sp³-hybridized carbons (Fsp3) is 0.0500. The van der Waals surface area contributed by atoms with Gasteiger partial charge in [0.25, 0.3) is 5.56 Å². The molecule has 2 aromatic carbocycles. The van der Waals surface area contributed by atoms with Gasteiger partial charge in [0.05, 0.1) is 22.9 Å². The first-order chi connectivity index (χ1) is 15.4. The number of para-hydroxylation sites is 1. The van der Waals surface area contributed by atoms with Crippen LogP contribution >= 0.6 is 11.6 Å². The summed E-state index contributed by atoms with van der Waals surface area (Å²) < 4.78 is 29.7. The quantitative estimate of drug-likeness (QED) is 0.405. The molecular weight excluding hydrogens is 454 g/mol. The van der Waals surface area contributed by atoms with Crippen molar-refractivity contribution in [3.8, 4) is 5.69 Å². The minimum atomic E-state index is -4.03. The zero-order valence-electron chi connectivity index (χ0n) is 16.2. The zero-order chi connectivity index (χ0) is 22.3. The van der Waals surface area contributed by atoms with Crippen molar-refractivity contribution in [1.82, 2.24) is 29.5 Å². The lowest BCUT2D eigenvalue weighted by Crippen LogP contribution is -2.27. The molecule has 32 heavy (non-hydrogen) atoms. The summed E-state index contributed by atoms with van der Waals surface area (Å²) in [5, 5.41) is 0.756. The van der Waals surface area contributed by atoms with E-state index in [1.807, 2.05) is 0 Å². The van der Waals surface area contributed by atoms with Crippen molar-refractivity contribution >= 4 is 49.5 Å². The smallest absolute Gasteiger partial charge is 0.265 e. The molecule has 0 aliphatic carbocycles. The Morgan fingerprint density at radius 2 is 1.91 bits per heavy atom. The predicted octanol–water partition coefficient (Wildman–Crippen LogP) is 2.65. The van der Waals surface area contributed by atoms with Crippen LogP contribution in [0, 0.1) is 0 Å². The molecule has 0 saturated carbocycles. The van der Waals surface area contributed by atoms with E-state index in [0.29, 0.717) is 27.3 Å². The third-order valence-corrected chi connectivity index (χ3v) is 6.08. The first-order valence-electron chi connectivity index (χ1n) is 9.32. The number of hydrogen-bond donors (Lipinski definition) is 2. The van der Waals surface area contributed by atoms with Crippen LogP contribution in [0.4, 0.5) is 5.82 Å². The number of anilines is 1. The number of sulfonamides is 1. The van der Waals surface area contributed by atoms with Crippen molar-refractivity contribution in [3.63, 3.8) is 0 Å². The maximum atomic E-state index is 13.3. The normalized spacial score (nSPS) is 11.8. The Kier molecular flexibility index (Phi) is 4.83. The van der Waals surface area contributed by atoms with E-state index in [1.165, 1.54) is 17.2 Å². The molecule has 0 bridgehead atoms. The van der Waals surface area contributed by atoms with Gasteiger partial charge in [-0.1, -0.05) is 29.8 Å². The molecule has 0 fully saturated rings. The molecule has 0 saturated heterocycles. The second kappa shape index (κ2) is 7.70. The van der Waals surface area contributed by atoms with Crippen LogP contribution in [-0.4, -0.2) is 37.9 Å². The molecule has 160 valence electrons. The molecule has 10 nitrogen and oxygen atoms in total. The lowest BCUT2D eigenvalue weighted by molar-refractivity contribution is 0.598. The maximum Gasteiger partial charge on any atom is 0.265 e. The van der Waals surface area contributed by atoms with Gasteiger partial charge in [0, 0.05) is 5.02 Å². The van der Waals surface area contributed by atoms with Gasteiger partial charge in [-0.2, -0.15) is 0 Å². The Hall–Kier alpha value is -3.83. The van der Waals surface area contributed by atoms with E-state index >= 15 is 0 Å². The maximum absolute atomic E-state index is 13.3. The standard InChI is InChI=1S/C20H14ClN7O3S/c21-12-4-3-5-13(8-12)28-16(26-15-7-2-1-6-14(15)20(28)29)9-32(30,31)27-19-17-18(23-10-22-17)24-11-25-19/h1-8,10-11H,9H2,(H2,22,23,24,25,27). The molecule has 0 aliphatic heterocycles. The summed E-state index contributed by atoms with van der Waals surface area (Å²) in [4.78, 5) is 32.5. The molecule has 0 amide bonds. The Bertz CT molecular complexity index is 1650. The van der Waals surface area contributed by atoms with E-state index in [4.69, 9.17) is 11.6 Å². The SMILES string of the molecule is O=c1c2ccccc2nc(CS(=O)(=O)Nc2ncnc3[nH]cnc23)n1-c1cccc(Cl)c1. The summed E-state index contributed by atoms with van der Waals surface area (Å²) >= 11 is 6.11. The molecule has 0 radical (unpaired) electrons. The number of hydrogen-bond acceptors (Lipinski definition) is 7. The fourth-order valence-corrected chi connectivity index (χ4v) is 4.58. The number of nitrogens with zero attached hydrogens (tertiary/aromatic N) is 5. The molecule has 0 atom stereocenters. The van der Waals surface area contributed by atoms with Crippen LogP contribution in [0.3, 0.4) is 0 Å². The van der Waals surface area contributed by atoms with Gasteiger partial charge >= 0.3 is 0 Å². The van der Waals surface area contributed by atoms with Crippen molar-refractivity contribution in [2.75, 3.05) is 4.72 Å². The number of aromatic nitrogens is 6. The Morgan fingerprint density at radius 3 is 2.75 bits per heavy atom. The third-order valence-electron chi connectivity index (χ3n) is 4.70. The average molecular weight is 468 g/mol. The van der Waals surface area contributed by atoms with E-state index in [2.05, 4.69) is 29.6 Å². The van der Waals surface area contributed by atoms with Crippen LogP contribution in [0.5, 0.6) is 0 Å². The summed E-state index contributed by atoms with van der Waals surface area (Å²) in [6.07, 6.45) is 2.60. The molecule has 3 heterocycles. The van der Waals surface area contributed by atoms with Crippen LogP contribution in [0.1, 0.15) is 5.82 Å². The number of halogens is 1. The molecule has 3 aromatic heterocycles. The molecule has 2 N–H and O–H groups in total. The van der Waals surface area contributed by atoms with Crippen molar-refractivity contribution in [2.45, 2.75) is 5.75 Å². The van der Waals surface area contributed by atoms with Gasteiger partial charge in [-0.3, -0.25) is 14.1 Å². The largest absolute Gasteiger partial charge is 0.329 e. The molecular formula is C20H14ClN7O3S. The molecule has 0 aliphatic rings. The topological polar surface area (TPSA) is 136 Å². The minimum Gasteiger partial charge on any atom is -0.329 e. The number of fused-ring (bicyclic) bond motifs is 2. The number of benzene rings is 2. The minimum absolute atomic E-state index is 0.0219. The molecule has 5 rings (SSSR count). The van der Waals surface area contributed by atoms with Crippen LogP contribution in [0.25, 0.3) is 27.8 Å². The van der Waals surface area contributed by atoms with Crippen LogP contribution in [0.2, 0.25) is 5.02 Å². The first kappa shape index (κ1) is 20.1. The lowest BCUT2D eigenvalue weighted by Gasteiger charge is -2.14. The van der Waals surface area contributed by atoms with E-state index in [1.54, 1.807) is 48.5 Å². The average Bonchev–Trinajstić information content (AvgIpc) is 3.23. The van der Waals surface area contributed by atoms with E-state index in [0.717, 1.165) is 0 Å². The van der Waals surface area contributed by atoms with Crippen molar-refractivity contribution in [1.29, 1.82) is 0 Å². The summed E-state index contributed by atoms with van der Waals surface area (Å²) in [7, 11) is -4.03. The predicted molar refractivity (Wildman–Crippen MR) is 120 cm³/mol. The van der Waals surface area contributed by atoms with Crippen molar-refractivity contribution in [2.24, 2.45) is 0 Å². The monoisotopic (exact) mass is 467 g/mol. The van der Waals surface area contributed by atoms with Crippen molar-refractivity contribution < 1.29 is 8.42 Å². The summed E-state index contributed by atoms with van der Waals surface area (Å²) in [6.45, 7) is 0. The van der Waals surface area contributed by atoms with Gasteiger partial charge in [0.1, 0.15) is 17.9 Å². The van der Waals surface area contributed by atoms with Crippen LogP contribution in [-0.2, 0) is 15.8 Å². The molecule has 0 spiro atoms. The number of nitrogens with one attached hydrogen (secondary N) is 2.